The van der Waals surface area contributed by atoms with Gasteiger partial charge >= 0.3 is 0 Å². The van der Waals surface area contributed by atoms with Gasteiger partial charge in [-0.05, 0) is 23.5 Å². The van der Waals surface area contributed by atoms with E-state index in [1.54, 1.807) is 7.11 Å². The Balaban J connectivity index is 2.90. The van der Waals surface area contributed by atoms with Gasteiger partial charge in [0.2, 0.25) is 0 Å². The third-order valence-electron chi connectivity index (χ3n) is 3.01. The van der Waals surface area contributed by atoms with Crippen molar-refractivity contribution in [2.75, 3.05) is 7.11 Å². The topological polar surface area (TPSA) is 26.3 Å². The number of Topliss-reactive ketones (excluding diaryl/α,β-unsaturated/α-hetero) is 1. The maximum absolute atomic E-state index is 12.2. The van der Waals surface area contributed by atoms with Crippen LogP contribution in [0.1, 0.15) is 40.5 Å². The molecule has 2 heteroatoms. The summed E-state index contributed by atoms with van der Waals surface area (Å²) in [6.45, 7) is 8.35. The quantitative estimate of drug-likeness (QED) is 0.716. The first kappa shape index (κ1) is 12.4. The second-order valence-electron chi connectivity index (χ2n) is 5.29. The molecule has 0 bridgehead atoms. The molecule has 0 saturated carbocycles. The fraction of sp³-hybridized carbons (Fsp3) is 0.769. The van der Waals surface area contributed by atoms with Gasteiger partial charge < -0.3 is 4.74 Å². The van der Waals surface area contributed by atoms with Crippen LogP contribution >= 0.6 is 0 Å². The van der Waals surface area contributed by atoms with Gasteiger partial charge in [0.15, 0.2) is 5.78 Å². The normalized spacial score (nSPS) is 27.0. The molecule has 1 rings (SSSR count). The van der Waals surface area contributed by atoms with Crippen LogP contribution in [-0.4, -0.2) is 19.0 Å². The Kier molecular flexibility index (Phi) is 3.72. The number of carbonyl (C=O) groups excluding carboxylic acids is 1. The Morgan fingerprint density at radius 2 is 2.00 bits per heavy atom. The zero-order valence-corrected chi connectivity index (χ0v) is 10.5. The molecule has 1 aliphatic carbocycles. The van der Waals surface area contributed by atoms with E-state index < -0.39 is 0 Å². The number of rotatable bonds is 3. The van der Waals surface area contributed by atoms with Gasteiger partial charge in [0, 0.05) is 7.11 Å². The van der Waals surface area contributed by atoms with Crippen LogP contribution < -0.4 is 0 Å². The molecule has 0 heterocycles. The van der Waals surface area contributed by atoms with E-state index in [1.165, 1.54) is 0 Å². The molecule has 2 nitrogen and oxygen atoms in total. The Morgan fingerprint density at radius 1 is 1.40 bits per heavy atom. The lowest BCUT2D eigenvalue weighted by Gasteiger charge is -2.20. The number of hydrogen-bond acceptors (Lipinski definition) is 2. The molecule has 0 amide bonds. The number of carbonyl (C=O) groups is 1. The molecular weight excluding hydrogens is 188 g/mol. The van der Waals surface area contributed by atoms with Crippen molar-refractivity contribution in [2.45, 2.75) is 46.6 Å². The first-order valence-electron chi connectivity index (χ1n) is 5.71. The lowest BCUT2D eigenvalue weighted by molar-refractivity contribution is -0.121. The summed E-state index contributed by atoms with van der Waals surface area (Å²) in [5.41, 5.74) is 0.879. The van der Waals surface area contributed by atoms with Crippen molar-refractivity contribution in [3.8, 4) is 0 Å². The first-order valence-corrected chi connectivity index (χ1v) is 5.71. The van der Waals surface area contributed by atoms with Crippen molar-refractivity contribution >= 4 is 5.78 Å². The fourth-order valence-corrected chi connectivity index (χ4v) is 2.17. The van der Waals surface area contributed by atoms with Crippen LogP contribution in [0.5, 0.6) is 0 Å². The maximum atomic E-state index is 12.2. The van der Waals surface area contributed by atoms with Gasteiger partial charge in [-0.1, -0.05) is 34.1 Å². The molecule has 0 saturated heterocycles. The van der Waals surface area contributed by atoms with E-state index in [1.807, 2.05) is 6.08 Å². The van der Waals surface area contributed by atoms with E-state index in [4.69, 9.17) is 4.74 Å². The van der Waals surface area contributed by atoms with E-state index in [-0.39, 0.29) is 23.2 Å². The van der Waals surface area contributed by atoms with Crippen molar-refractivity contribution in [3.05, 3.63) is 11.6 Å². The van der Waals surface area contributed by atoms with Gasteiger partial charge in [0.1, 0.15) is 0 Å². The van der Waals surface area contributed by atoms with Crippen molar-refractivity contribution in [2.24, 2.45) is 11.3 Å². The van der Waals surface area contributed by atoms with Crippen molar-refractivity contribution in [1.82, 2.24) is 0 Å². The zero-order valence-electron chi connectivity index (χ0n) is 10.5. The molecule has 0 aliphatic heterocycles. The molecule has 0 aromatic carbocycles. The SMILES string of the molecule is CCCC1C(=O)C(C(C)(C)C)=CC1OC. The molecule has 2 unspecified atom stereocenters. The molecule has 0 aromatic heterocycles. The van der Waals surface area contributed by atoms with Crippen LogP contribution in [-0.2, 0) is 9.53 Å². The van der Waals surface area contributed by atoms with Crippen LogP contribution in [0, 0.1) is 11.3 Å². The highest BCUT2D eigenvalue weighted by Gasteiger charge is 2.39. The molecule has 15 heavy (non-hydrogen) atoms. The summed E-state index contributed by atoms with van der Waals surface area (Å²) in [6.07, 6.45) is 3.96. The second kappa shape index (κ2) is 4.48. The Bertz CT molecular complexity index is 271. The Morgan fingerprint density at radius 3 is 2.40 bits per heavy atom. The standard InChI is InChI=1S/C13H22O2/c1-6-7-9-11(15-5)8-10(12(9)14)13(2,3)4/h8-9,11H,6-7H2,1-5H3. The Labute approximate surface area is 92.7 Å². The Hall–Kier alpha value is -0.630. The average Bonchev–Trinajstić information content (AvgIpc) is 2.44. The molecule has 86 valence electrons. The summed E-state index contributed by atoms with van der Waals surface area (Å²) in [7, 11) is 1.68. The monoisotopic (exact) mass is 210 g/mol. The number of allylic oxidation sites excluding steroid dienone is 1. The van der Waals surface area contributed by atoms with Crippen LogP contribution in [0.2, 0.25) is 0 Å². The summed E-state index contributed by atoms with van der Waals surface area (Å²) in [5, 5.41) is 0. The van der Waals surface area contributed by atoms with E-state index in [9.17, 15) is 4.79 Å². The summed E-state index contributed by atoms with van der Waals surface area (Å²) in [4.78, 5) is 12.2. The van der Waals surface area contributed by atoms with Crippen LogP contribution in [0.4, 0.5) is 0 Å². The van der Waals surface area contributed by atoms with Crippen molar-refractivity contribution in [3.63, 3.8) is 0 Å². The summed E-state index contributed by atoms with van der Waals surface area (Å²) in [6, 6.07) is 0. The molecule has 0 aromatic rings. The third kappa shape index (κ3) is 2.49. The number of ether oxygens (including phenoxy) is 1. The van der Waals surface area contributed by atoms with Gasteiger partial charge in [-0.3, -0.25) is 4.79 Å². The fourth-order valence-electron chi connectivity index (χ4n) is 2.17. The average molecular weight is 210 g/mol. The van der Waals surface area contributed by atoms with E-state index in [0.29, 0.717) is 0 Å². The van der Waals surface area contributed by atoms with E-state index in [0.717, 1.165) is 18.4 Å². The van der Waals surface area contributed by atoms with Gasteiger partial charge in [-0.25, -0.2) is 0 Å². The highest BCUT2D eigenvalue weighted by Crippen LogP contribution is 2.37. The van der Waals surface area contributed by atoms with Gasteiger partial charge in [-0.2, -0.15) is 0 Å². The smallest absolute Gasteiger partial charge is 0.165 e. The van der Waals surface area contributed by atoms with Crippen molar-refractivity contribution in [1.29, 1.82) is 0 Å². The van der Waals surface area contributed by atoms with Gasteiger partial charge in [0.05, 0.1) is 12.0 Å². The molecule has 2 atom stereocenters. The maximum Gasteiger partial charge on any atom is 0.165 e. The molecule has 0 fully saturated rings. The van der Waals surface area contributed by atoms with E-state index in [2.05, 4.69) is 27.7 Å². The lowest BCUT2D eigenvalue weighted by atomic mass is 9.83. The predicted molar refractivity (Wildman–Crippen MR) is 61.7 cm³/mol. The first-order chi connectivity index (χ1) is 6.91. The molecule has 0 radical (unpaired) electrons. The van der Waals surface area contributed by atoms with Crippen LogP contribution in [0.25, 0.3) is 0 Å². The minimum absolute atomic E-state index is 0.00771. The zero-order chi connectivity index (χ0) is 11.6. The third-order valence-corrected chi connectivity index (χ3v) is 3.01. The van der Waals surface area contributed by atoms with E-state index >= 15 is 0 Å². The van der Waals surface area contributed by atoms with Crippen LogP contribution in [0.15, 0.2) is 11.6 Å². The minimum atomic E-state index is -0.0592. The minimum Gasteiger partial charge on any atom is -0.377 e. The van der Waals surface area contributed by atoms with Gasteiger partial charge in [0.25, 0.3) is 0 Å². The molecule has 0 spiro atoms. The number of ketones is 1. The second-order valence-corrected chi connectivity index (χ2v) is 5.29. The summed E-state index contributed by atoms with van der Waals surface area (Å²) < 4.78 is 5.37. The highest BCUT2D eigenvalue weighted by atomic mass is 16.5. The van der Waals surface area contributed by atoms with Crippen molar-refractivity contribution < 1.29 is 9.53 Å². The summed E-state index contributed by atoms with van der Waals surface area (Å²) in [5.74, 6) is 0.338. The highest BCUT2D eigenvalue weighted by molar-refractivity contribution is 6.01. The van der Waals surface area contributed by atoms with Gasteiger partial charge in [-0.15, -0.1) is 0 Å². The summed E-state index contributed by atoms with van der Waals surface area (Å²) >= 11 is 0. The van der Waals surface area contributed by atoms with Crippen LogP contribution in [0.3, 0.4) is 0 Å². The predicted octanol–water partition coefficient (Wildman–Crippen LogP) is 2.97. The molecule has 0 N–H and O–H groups in total. The largest absolute Gasteiger partial charge is 0.377 e. The molecule has 1 aliphatic rings. The molecular formula is C13H22O2. The number of hydrogen-bond donors (Lipinski definition) is 0. The lowest BCUT2D eigenvalue weighted by Crippen LogP contribution is -2.24. The number of methoxy groups -OCH3 is 1.